The molecule has 0 bridgehead atoms. The van der Waals surface area contributed by atoms with Crippen LogP contribution in [0, 0.1) is 5.82 Å². The summed E-state index contributed by atoms with van der Waals surface area (Å²) < 4.78 is 19.4. The second-order valence-electron chi connectivity index (χ2n) is 6.33. The minimum atomic E-state index is -0.356. The van der Waals surface area contributed by atoms with Crippen LogP contribution in [0.3, 0.4) is 0 Å². The first-order chi connectivity index (χ1) is 14.0. The maximum absolute atomic E-state index is 13.8. The Morgan fingerprint density at radius 2 is 1.66 bits per heavy atom. The standard InChI is InChI=1S/C22H20ClFN2O3/c23-18-7-3-1-5-16(18)22(28)26-14-13-25-21(27)12-10-15-9-11-20(29-15)17-6-2-4-8-19(17)24/h1-9,11H,10,12-14H2,(H,25,27)(H,26,28). The number of hydrogen-bond acceptors (Lipinski definition) is 3. The number of rotatable bonds is 8. The molecule has 2 aromatic carbocycles. The molecule has 2 N–H and O–H groups in total. The van der Waals surface area contributed by atoms with E-state index >= 15 is 0 Å². The van der Waals surface area contributed by atoms with Gasteiger partial charge in [-0.3, -0.25) is 9.59 Å². The van der Waals surface area contributed by atoms with E-state index in [9.17, 15) is 14.0 Å². The van der Waals surface area contributed by atoms with E-state index in [1.54, 1.807) is 54.6 Å². The Bertz CT molecular complexity index is 1000. The van der Waals surface area contributed by atoms with Crippen molar-refractivity contribution in [3.63, 3.8) is 0 Å². The van der Waals surface area contributed by atoms with Crippen molar-refractivity contribution in [1.82, 2.24) is 10.6 Å². The largest absolute Gasteiger partial charge is 0.461 e. The molecule has 5 nitrogen and oxygen atoms in total. The molecule has 0 unspecified atom stereocenters. The summed E-state index contributed by atoms with van der Waals surface area (Å²) in [7, 11) is 0. The molecule has 0 saturated heterocycles. The normalized spacial score (nSPS) is 10.6. The lowest BCUT2D eigenvalue weighted by Gasteiger charge is -2.08. The Morgan fingerprint density at radius 3 is 2.45 bits per heavy atom. The first kappa shape index (κ1) is 20.6. The monoisotopic (exact) mass is 414 g/mol. The summed E-state index contributed by atoms with van der Waals surface area (Å²) in [6, 6.07) is 16.5. The molecule has 0 spiro atoms. The van der Waals surface area contributed by atoms with Gasteiger partial charge in [-0.2, -0.15) is 0 Å². The number of amides is 2. The Kier molecular flexibility index (Phi) is 7.03. The van der Waals surface area contributed by atoms with Gasteiger partial charge in [-0.15, -0.1) is 0 Å². The first-order valence-corrected chi connectivity index (χ1v) is 9.55. The first-order valence-electron chi connectivity index (χ1n) is 9.17. The molecule has 29 heavy (non-hydrogen) atoms. The number of carbonyl (C=O) groups is 2. The van der Waals surface area contributed by atoms with Crippen molar-refractivity contribution in [3.05, 3.63) is 82.8 Å². The fraction of sp³-hybridized carbons (Fsp3) is 0.182. The summed E-state index contributed by atoms with van der Waals surface area (Å²) in [5, 5.41) is 5.81. The van der Waals surface area contributed by atoms with E-state index in [0.29, 0.717) is 40.6 Å². The fourth-order valence-corrected chi connectivity index (χ4v) is 2.98. The van der Waals surface area contributed by atoms with Crippen molar-refractivity contribution in [2.24, 2.45) is 0 Å². The van der Waals surface area contributed by atoms with Crippen LogP contribution < -0.4 is 10.6 Å². The molecule has 0 fully saturated rings. The number of nitrogens with one attached hydrogen (secondary N) is 2. The van der Waals surface area contributed by atoms with Crippen LogP contribution in [0.4, 0.5) is 4.39 Å². The minimum Gasteiger partial charge on any atom is -0.461 e. The molecular formula is C22H20ClFN2O3. The predicted molar refractivity (Wildman–Crippen MR) is 109 cm³/mol. The van der Waals surface area contributed by atoms with Gasteiger partial charge in [-0.05, 0) is 36.4 Å². The van der Waals surface area contributed by atoms with E-state index in [-0.39, 0.29) is 30.6 Å². The lowest BCUT2D eigenvalue weighted by Crippen LogP contribution is -2.34. The van der Waals surface area contributed by atoms with Crippen molar-refractivity contribution < 1.29 is 18.4 Å². The van der Waals surface area contributed by atoms with E-state index in [1.165, 1.54) is 6.07 Å². The predicted octanol–water partition coefficient (Wildman–Crippen LogP) is 4.22. The Balaban J connectivity index is 1.39. The summed E-state index contributed by atoms with van der Waals surface area (Å²) in [6.45, 7) is 0.585. The zero-order valence-electron chi connectivity index (χ0n) is 15.6. The van der Waals surface area contributed by atoms with Crippen LogP contribution in [0.15, 0.2) is 65.1 Å². The molecule has 3 rings (SSSR count). The zero-order valence-corrected chi connectivity index (χ0v) is 16.3. The SMILES string of the molecule is O=C(CCc1ccc(-c2ccccc2F)o1)NCCNC(=O)c1ccccc1Cl. The average Bonchev–Trinajstić information content (AvgIpc) is 3.19. The Labute approximate surface area is 172 Å². The van der Waals surface area contributed by atoms with Gasteiger partial charge in [0.15, 0.2) is 0 Å². The maximum atomic E-state index is 13.8. The van der Waals surface area contributed by atoms with Crippen molar-refractivity contribution in [2.45, 2.75) is 12.8 Å². The van der Waals surface area contributed by atoms with E-state index in [0.717, 1.165) is 0 Å². The quantitative estimate of drug-likeness (QED) is 0.542. The summed E-state index contributed by atoms with van der Waals surface area (Å²) in [5.41, 5.74) is 0.779. The molecule has 0 aliphatic carbocycles. The average molecular weight is 415 g/mol. The van der Waals surface area contributed by atoms with Crippen molar-refractivity contribution in [3.8, 4) is 11.3 Å². The van der Waals surface area contributed by atoms with Crippen LogP contribution in [0.2, 0.25) is 5.02 Å². The minimum absolute atomic E-state index is 0.166. The zero-order chi connectivity index (χ0) is 20.6. The number of hydrogen-bond donors (Lipinski definition) is 2. The maximum Gasteiger partial charge on any atom is 0.252 e. The van der Waals surface area contributed by atoms with E-state index < -0.39 is 0 Å². The highest BCUT2D eigenvalue weighted by Gasteiger charge is 2.11. The van der Waals surface area contributed by atoms with Crippen molar-refractivity contribution >= 4 is 23.4 Å². The fourth-order valence-electron chi connectivity index (χ4n) is 2.76. The van der Waals surface area contributed by atoms with Crippen molar-refractivity contribution in [2.75, 3.05) is 13.1 Å². The third kappa shape index (κ3) is 5.68. The second-order valence-corrected chi connectivity index (χ2v) is 6.74. The van der Waals surface area contributed by atoms with Crippen LogP contribution in [-0.4, -0.2) is 24.9 Å². The Morgan fingerprint density at radius 1 is 0.931 bits per heavy atom. The van der Waals surface area contributed by atoms with E-state index in [1.807, 2.05) is 0 Å². The summed E-state index contributed by atoms with van der Waals surface area (Å²) in [4.78, 5) is 24.0. The summed E-state index contributed by atoms with van der Waals surface area (Å²) >= 11 is 5.97. The molecule has 0 radical (unpaired) electrons. The number of carbonyl (C=O) groups excluding carboxylic acids is 2. The number of halogens is 2. The lowest BCUT2D eigenvalue weighted by molar-refractivity contribution is -0.121. The highest BCUT2D eigenvalue weighted by molar-refractivity contribution is 6.33. The number of aryl methyl sites for hydroxylation is 1. The van der Waals surface area contributed by atoms with Gasteiger partial charge >= 0.3 is 0 Å². The van der Waals surface area contributed by atoms with Crippen LogP contribution in [0.1, 0.15) is 22.5 Å². The highest BCUT2D eigenvalue weighted by Crippen LogP contribution is 2.25. The van der Waals surface area contributed by atoms with Gasteiger partial charge in [-0.25, -0.2) is 4.39 Å². The van der Waals surface area contributed by atoms with Gasteiger partial charge in [0, 0.05) is 25.9 Å². The molecule has 150 valence electrons. The number of benzene rings is 2. The van der Waals surface area contributed by atoms with Crippen LogP contribution in [0.25, 0.3) is 11.3 Å². The van der Waals surface area contributed by atoms with Crippen LogP contribution in [0.5, 0.6) is 0 Å². The summed E-state index contributed by atoms with van der Waals surface area (Å²) in [6.07, 6.45) is 0.620. The van der Waals surface area contributed by atoms with Crippen molar-refractivity contribution in [1.29, 1.82) is 0 Å². The van der Waals surface area contributed by atoms with E-state index in [4.69, 9.17) is 16.0 Å². The summed E-state index contributed by atoms with van der Waals surface area (Å²) in [5.74, 6) is 0.221. The molecule has 1 aromatic heterocycles. The molecule has 0 aliphatic rings. The Hall–Kier alpha value is -3.12. The molecule has 0 atom stereocenters. The van der Waals surface area contributed by atoms with Gasteiger partial charge in [0.2, 0.25) is 5.91 Å². The van der Waals surface area contributed by atoms with Gasteiger partial charge in [0.05, 0.1) is 16.1 Å². The van der Waals surface area contributed by atoms with Gasteiger partial charge < -0.3 is 15.1 Å². The molecular weight excluding hydrogens is 395 g/mol. The molecule has 7 heteroatoms. The van der Waals surface area contributed by atoms with Crippen LogP contribution in [-0.2, 0) is 11.2 Å². The highest BCUT2D eigenvalue weighted by atomic mass is 35.5. The lowest BCUT2D eigenvalue weighted by atomic mass is 10.1. The molecule has 3 aromatic rings. The molecule has 1 heterocycles. The van der Waals surface area contributed by atoms with Gasteiger partial charge in [0.25, 0.3) is 5.91 Å². The molecule has 0 saturated carbocycles. The second kappa shape index (κ2) is 9.89. The molecule has 0 aliphatic heterocycles. The number of furan rings is 1. The van der Waals surface area contributed by atoms with Crippen LogP contribution >= 0.6 is 11.6 Å². The van der Waals surface area contributed by atoms with Gasteiger partial charge in [0.1, 0.15) is 17.3 Å². The third-order valence-corrected chi connectivity index (χ3v) is 4.58. The third-order valence-electron chi connectivity index (χ3n) is 4.25. The van der Waals surface area contributed by atoms with E-state index in [2.05, 4.69) is 10.6 Å². The van der Waals surface area contributed by atoms with Gasteiger partial charge in [-0.1, -0.05) is 35.9 Å². The topological polar surface area (TPSA) is 71.3 Å². The molecule has 2 amide bonds. The smallest absolute Gasteiger partial charge is 0.252 e.